The minimum Gasteiger partial charge on any atom is -0.316 e. The van der Waals surface area contributed by atoms with Crippen molar-refractivity contribution in [3.8, 4) is 0 Å². The molecule has 0 aliphatic carbocycles. The number of ketones is 1. The SMILES string of the molecule is O=C(Cc1nc2ccccc2s1)CC1CCCNC1. The maximum absolute atomic E-state index is 12.1. The first kappa shape index (κ1) is 12.8. The third-order valence-electron chi connectivity index (χ3n) is 3.60. The molecule has 19 heavy (non-hydrogen) atoms. The summed E-state index contributed by atoms with van der Waals surface area (Å²) in [7, 11) is 0. The Kier molecular flexibility index (Phi) is 3.89. The van der Waals surface area contributed by atoms with Crippen LogP contribution in [-0.4, -0.2) is 23.9 Å². The number of thiazole rings is 1. The number of nitrogens with zero attached hydrogens (tertiary/aromatic N) is 1. The summed E-state index contributed by atoms with van der Waals surface area (Å²) in [4.78, 5) is 16.6. The van der Waals surface area contributed by atoms with Gasteiger partial charge in [-0.2, -0.15) is 0 Å². The molecule has 0 amide bonds. The lowest BCUT2D eigenvalue weighted by molar-refractivity contribution is -0.119. The van der Waals surface area contributed by atoms with Crippen LogP contribution in [0, 0.1) is 5.92 Å². The Hall–Kier alpha value is -1.26. The van der Waals surface area contributed by atoms with Crippen LogP contribution in [0.25, 0.3) is 10.2 Å². The molecule has 2 heterocycles. The standard InChI is InChI=1S/C15H18N2OS/c18-12(8-11-4-3-7-16-10-11)9-15-17-13-5-1-2-6-14(13)19-15/h1-2,5-6,11,16H,3-4,7-10H2. The van der Waals surface area contributed by atoms with Gasteiger partial charge in [0.15, 0.2) is 0 Å². The van der Waals surface area contributed by atoms with Crippen LogP contribution in [0.15, 0.2) is 24.3 Å². The molecule has 1 unspecified atom stereocenters. The second kappa shape index (κ2) is 5.80. The lowest BCUT2D eigenvalue weighted by atomic mass is 9.93. The van der Waals surface area contributed by atoms with Crippen LogP contribution in [-0.2, 0) is 11.2 Å². The molecule has 1 N–H and O–H groups in total. The summed E-state index contributed by atoms with van der Waals surface area (Å²) in [6.07, 6.45) is 3.57. The molecule has 0 radical (unpaired) electrons. The Morgan fingerprint density at radius 3 is 3.11 bits per heavy atom. The number of hydrogen-bond acceptors (Lipinski definition) is 4. The van der Waals surface area contributed by atoms with E-state index >= 15 is 0 Å². The first-order valence-corrected chi connectivity index (χ1v) is 7.70. The molecular weight excluding hydrogens is 256 g/mol. The summed E-state index contributed by atoms with van der Waals surface area (Å²) in [6.45, 7) is 2.09. The second-order valence-electron chi connectivity index (χ2n) is 5.21. The van der Waals surface area contributed by atoms with Crippen molar-refractivity contribution in [2.45, 2.75) is 25.7 Å². The normalized spacial score (nSPS) is 19.7. The summed E-state index contributed by atoms with van der Waals surface area (Å²) in [5.74, 6) is 0.850. The molecule has 3 rings (SSSR count). The summed E-state index contributed by atoms with van der Waals surface area (Å²) < 4.78 is 1.17. The van der Waals surface area contributed by atoms with Crippen molar-refractivity contribution in [2.24, 2.45) is 5.92 Å². The van der Waals surface area contributed by atoms with Crippen LogP contribution in [0.5, 0.6) is 0 Å². The van der Waals surface area contributed by atoms with Gasteiger partial charge in [-0.05, 0) is 44.0 Å². The van der Waals surface area contributed by atoms with Gasteiger partial charge in [0.1, 0.15) is 10.8 Å². The maximum atomic E-state index is 12.1. The van der Waals surface area contributed by atoms with Crippen LogP contribution < -0.4 is 5.32 Å². The van der Waals surface area contributed by atoms with Crippen molar-refractivity contribution in [1.29, 1.82) is 0 Å². The molecule has 0 bridgehead atoms. The fraction of sp³-hybridized carbons (Fsp3) is 0.467. The zero-order valence-electron chi connectivity index (χ0n) is 10.9. The van der Waals surface area contributed by atoms with Gasteiger partial charge < -0.3 is 5.32 Å². The van der Waals surface area contributed by atoms with Gasteiger partial charge in [0.25, 0.3) is 0 Å². The maximum Gasteiger partial charge on any atom is 0.140 e. The van der Waals surface area contributed by atoms with Crippen LogP contribution in [0.4, 0.5) is 0 Å². The van der Waals surface area contributed by atoms with E-state index in [1.165, 1.54) is 17.5 Å². The summed E-state index contributed by atoms with van der Waals surface area (Å²) in [6, 6.07) is 8.07. The quantitative estimate of drug-likeness (QED) is 0.932. The predicted octanol–water partition coefficient (Wildman–Crippen LogP) is 2.80. The van der Waals surface area contributed by atoms with Crippen molar-refractivity contribution >= 4 is 27.3 Å². The minimum absolute atomic E-state index is 0.327. The number of para-hydroxylation sites is 1. The topological polar surface area (TPSA) is 42.0 Å². The molecule has 1 aromatic carbocycles. The van der Waals surface area contributed by atoms with Crippen LogP contribution in [0.3, 0.4) is 0 Å². The van der Waals surface area contributed by atoms with E-state index in [4.69, 9.17) is 0 Å². The van der Waals surface area contributed by atoms with E-state index in [1.807, 2.05) is 18.2 Å². The highest BCUT2D eigenvalue weighted by atomic mass is 32.1. The number of aromatic nitrogens is 1. The number of carbonyl (C=O) groups is 1. The van der Waals surface area contributed by atoms with Crippen LogP contribution in [0.1, 0.15) is 24.3 Å². The van der Waals surface area contributed by atoms with Crippen molar-refractivity contribution in [2.75, 3.05) is 13.1 Å². The molecule has 1 aromatic heterocycles. The number of hydrogen-bond donors (Lipinski definition) is 1. The number of nitrogens with one attached hydrogen (secondary N) is 1. The fourth-order valence-electron chi connectivity index (χ4n) is 2.66. The van der Waals surface area contributed by atoms with E-state index in [2.05, 4.69) is 16.4 Å². The van der Waals surface area contributed by atoms with E-state index in [1.54, 1.807) is 11.3 Å². The van der Waals surface area contributed by atoms with Gasteiger partial charge in [0.2, 0.25) is 0 Å². The van der Waals surface area contributed by atoms with Crippen molar-refractivity contribution in [3.05, 3.63) is 29.3 Å². The highest BCUT2D eigenvalue weighted by Gasteiger charge is 2.17. The summed E-state index contributed by atoms with van der Waals surface area (Å²) >= 11 is 1.64. The van der Waals surface area contributed by atoms with Gasteiger partial charge in [0.05, 0.1) is 16.6 Å². The van der Waals surface area contributed by atoms with Crippen molar-refractivity contribution in [1.82, 2.24) is 10.3 Å². The van der Waals surface area contributed by atoms with Gasteiger partial charge in [0, 0.05) is 6.42 Å². The largest absolute Gasteiger partial charge is 0.316 e. The molecule has 1 atom stereocenters. The van der Waals surface area contributed by atoms with Crippen molar-refractivity contribution in [3.63, 3.8) is 0 Å². The van der Waals surface area contributed by atoms with E-state index in [0.717, 1.165) is 23.6 Å². The highest BCUT2D eigenvalue weighted by molar-refractivity contribution is 7.18. The Morgan fingerprint density at radius 1 is 1.42 bits per heavy atom. The van der Waals surface area contributed by atoms with Crippen LogP contribution >= 0.6 is 11.3 Å². The van der Waals surface area contributed by atoms with E-state index in [-0.39, 0.29) is 0 Å². The van der Waals surface area contributed by atoms with Gasteiger partial charge in [-0.15, -0.1) is 11.3 Å². The molecule has 1 fully saturated rings. The molecule has 4 heteroatoms. The second-order valence-corrected chi connectivity index (χ2v) is 6.32. The monoisotopic (exact) mass is 274 g/mol. The summed E-state index contributed by atoms with van der Waals surface area (Å²) in [5.41, 5.74) is 1.01. The molecule has 2 aromatic rings. The third kappa shape index (κ3) is 3.19. The molecule has 1 aliphatic rings. The Labute approximate surface area is 117 Å². The molecule has 3 nitrogen and oxygen atoms in total. The first-order valence-electron chi connectivity index (χ1n) is 6.88. The number of rotatable bonds is 4. The third-order valence-corrected chi connectivity index (χ3v) is 4.64. The van der Waals surface area contributed by atoms with Gasteiger partial charge in [-0.3, -0.25) is 4.79 Å². The predicted molar refractivity (Wildman–Crippen MR) is 78.5 cm³/mol. The zero-order valence-corrected chi connectivity index (χ0v) is 11.7. The molecular formula is C15H18N2OS. The number of benzene rings is 1. The average Bonchev–Trinajstić information content (AvgIpc) is 2.81. The number of Topliss-reactive ketones (excluding diaryl/α,β-unsaturated/α-hetero) is 1. The number of fused-ring (bicyclic) bond motifs is 1. The average molecular weight is 274 g/mol. The van der Waals surface area contributed by atoms with Gasteiger partial charge >= 0.3 is 0 Å². The van der Waals surface area contributed by atoms with Crippen LogP contribution in [0.2, 0.25) is 0 Å². The Balaban J connectivity index is 1.62. The summed E-state index contributed by atoms with van der Waals surface area (Å²) in [5, 5.41) is 4.31. The molecule has 100 valence electrons. The van der Waals surface area contributed by atoms with Crippen molar-refractivity contribution < 1.29 is 4.79 Å². The Bertz CT molecular complexity index is 539. The molecule has 1 aliphatic heterocycles. The molecule has 0 saturated carbocycles. The highest BCUT2D eigenvalue weighted by Crippen LogP contribution is 2.23. The van der Waals surface area contributed by atoms with Gasteiger partial charge in [-0.25, -0.2) is 4.98 Å². The molecule has 1 saturated heterocycles. The van der Waals surface area contributed by atoms with E-state index in [9.17, 15) is 4.79 Å². The van der Waals surface area contributed by atoms with E-state index < -0.39 is 0 Å². The van der Waals surface area contributed by atoms with E-state index in [0.29, 0.717) is 24.5 Å². The minimum atomic E-state index is 0.327. The Morgan fingerprint density at radius 2 is 2.32 bits per heavy atom. The molecule has 0 spiro atoms. The smallest absolute Gasteiger partial charge is 0.140 e. The number of carbonyl (C=O) groups excluding carboxylic acids is 1. The zero-order chi connectivity index (χ0) is 13.1. The fourth-order valence-corrected chi connectivity index (χ4v) is 3.65. The lowest BCUT2D eigenvalue weighted by Crippen LogP contribution is -2.31. The first-order chi connectivity index (χ1) is 9.31. The number of piperidine rings is 1. The lowest BCUT2D eigenvalue weighted by Gasteiger charge is -2.21. The van der Waals surface area contributed by atoms with Gasteiger partial charge in [-0.1, -0.05) is 12.1 Å².